The third-order valence-electron chi connectivity index (χ3n) is 1.63. The highest BCUT2D eigenvalue weighted by molar-refractivity contribution is 9.11. The lowest BCUT2D eigenvalue weighted by Crippen LogP contribution is -2.28. The molecule has 6 heteroatoms. The van der Waals surface area contributed by atoms with E-state index in [-0.39, 0.29) is 18.7 Å². The standard InChI is InChI=1S/C8H9Br2NO3/c9-5-1-7(10)8(14)11(2-5)3-6(13)4-12/h1-2,6,12-13H,3-4H2. The van der Waals surface area contributed by atoms with Crippen LogP contribution in [0, 0.1) is 0 Å². The Hall–Kier alpha value is -0.170. The molecule has 0 aromatic carbocycles. The quantitative estimate of drug-likeness (QED) is 0.860. The highest BCUT2D eigenvalue weighted by Gasteiger charge is 2.07. The largest absolute Gasteiger partial charge is 0.394 e. The van der Waals surface area contributed by atoms with Crippen molar-refractivity contribution < 1.29 is 10.2 Å². The minimum Gasteiger partial charge on any atom is -0.394 e. The second-order valence-corrected chi connectivity index (χ2v) is 4.57. The van der Waals surface area contributed by atoms with Gasteiger partial charge in [0, 0.05) is 10.7 Å². The monoisotopic (exact) mass is 325 g/mol. The van der Waals surface area contributed by atoms with Gasteiger partial charge in [-0.05, 0) is 37.9 Å². The predicted molar refractivity (Wildman–Crippen MR) is 59.2 cm³/mol. The van der Waals surface area contributed by atoms with Crippen molar-refractivity contribution in [2.75, 3.05) is 6.61 Å². The minimum absolute atomic E-state index is 0.0768. The Morgan fingerprint density at radius 2 is 2.14 bits per heavy atom. The van der Waals surface area contributed by atoms with E-state index < -0.39 is 6.10 Å². The maximum Gasteiger partial charge on any atom is 0.264 e. The van der Waals surface area contributed by atoms with Crippen LogP contribution in [0.1, 0.15) is 0 Å². The fourth-order valence-corrected chi connectivity index (χ4v) is 2.24. The molecule has 14 heavy (non-hydrogen) atoms. The van der Waals surface area contributed by atoms with Gasteiger partial charge < -0.3 is 14.8 Å². The third-order valence-corrected chi connectivity index (χ3v) is 2.63. The second-order valence-electron chi connectivity index (χ2n) is 2.80. The fourth-order valence-electron chi connectivity index (χ4n) is 0.985. The van der Waals surface area contributed by atoms with Crippen molar-refractivity contribution in [2.45, 2.75) is 12.6 Å². The lowest BCUT2D eigenvalue weighted by atomic mass is 10.3. The van der Waals surface area contributed by atoms with Gasteiger partial charge in [0.1, 0.15) is 0 Å². The lowest BCUT2D eigenvalue weighted by Gasteiger charge is -2.10. The summed E-state index contributed by atoms with van der Waals surface area (Å²) in [5, 5.41) is 17.8. The smallest absolute Gasteiger partial charge is 0.264 e. The Morgan fingerprint density at radius 1 is 1.50 bits per heavy atom. The zero-order chi connectivity index (χ0) is 10.7. The maximum absolute atomic E-state index is 11.5. The van der Waals surface area contributed by atoms with Crippen molar-refractivity contribution in [1.29, 1.82) is 0 Å². The summed E-state index contributed by atoms with van der Waals surface area (Å²) in [4.78, 5) is 11.5. The molecule has 1 aromatic rings. The summed E-state index contributed by atoms with van der Waals surface area (Å²) in [6.45, 7) is -0.288. The Bertz CT molecular complexity index is 377. The highest BCUT2D eigenvalue weighted by Crippen LogP contribution is 2.12. The first-order chi connectivity index (χ1) is 6.54. The molecule has 0 bridgehead atoms. The zero-order valence-corrected chi connectivity index (χ0v) is 10.3. The van der Waals surface area contributed by atoms with Crippen LogP contribution in [0.5, 0.6) is 0 Å². The summed E-state index contributed by atoms with van der Waals surface area (Å²) in [7, 11) is 0. The first kappa shape index (κ1) is 11.9. The molecule has 4 nitrogen and oxygen atoms in total. The van der Waals surface area contributed by atoms with Gasteiger partial charge in [-0.1, -0.05) is 0 Å². The predicted octanol–water partition coefficient (Wildman–Crippen LogP) is 0.726. The Balaban J connectivity index is 3.02. The van der Waals surface area contributed by atoms with E-state index in [9.17, 15) is 9.90 Å². The van der Waals surface area contributed by atoms with Gasteiger partial charge in [-0.25, -0.2) is 0 Å². The van der Waals surface area contributed by atoms with Crippen molar-refractivity contribution in [3.05, 3.63) is 31.6 Å². The van der Waals surface area contributed by atoms with Crippen molar-refractivity contribution in [2.24, 2.45) is 0 Å². The number of aromatic nitrogens is 1. The molecular formula is C8H9Br2NO3. The molecule has 2 N–H and O–H groups in total. The van der Waals surface area contributed by atoms with Crippen LogP contribution in [-0.2, 0) is 6.54 Å². The van der Waals surface area contributed by atoms with Gasteiger partial charge in [-0.2, -0.15) is 0 Å². The number of pyridine rings is 1. The summed E-state index contributed by atoms with van der Waals surface area (Å²) < 4.78 is 2.47. The number of hydrogen-bond donors (Lipinski definition) is 2. The van der Waals surface area contributed by atoms with Gasteiger partial charge in [0.15, 0.2) is 0 Å². The summed E-state index contributed by atoms with van der Waals surface area (Å²) in [5.74, 6) is 0. The normalized spacial score (nSPS) is 12.9. The average Bonchev–Trinajstić information content (AvgIpc) is 2.13. The Kier molecular flexibility index (Phi) is 4.31. The third kappa shape index (κ3) is 2.91. The molecule has 1 aromatic heterocycles. The number of rotatable bonds is 3. The molecule has 0 fully saturated rings. The number of aliphatic hydroxyl groups is 2. The van der Waals surface area contributed by atoms with Crippen LogP contribution >= 0.6 is 31.9 Å². The van der Waals surface area contributed by atoms with Crippen LogP contribution in [0.3, 0.4) is 0 Å². The van der Waals surface area contributed by atoms with Crippen LogP contribution in [-0.4, -0.2) is 27.5 Å². The van der Waals surface area contributed by atoms with Crippen LogP contribution in [0.4, 0.5) is 0 Å². The molecule has 0 saturated carbocycles. The van der Waals surface area contributed by atoms with E-state index in [0.29, 0.717) is 4.47 Å². The SMILES string of the molecule is O=c1c(Br)cc(Br)cn1CC(O)CO. The molecule has 0 aliphatic carbocycles. The maximum atomic E-state index is 11.5. The molecule has 1 rings (SSSR count). The molecule has 1 heterocycles. The summed E-state index contributed by atoms with van der Waals surface area (Å²) in [6, 6.07) is 1.63. The van der Waals surface area contributed by atoms with Gasteiger partial charge in [0.05, 0.1) is 23.7 Å². The van der Waals surface area contributed by atoms with Crippen LogP contribution in [0.2, 0.25) is 0 Å². The highest BCUT2D eigenvalue weighted by atomic mass is 79.9. The molecule has 1 unspecified atom stereocenters. The zero-order valence-electron chi connectivity index (χ0n) is 7.15. The Labute approximate surface area is 97.4 Å². The van der Waals surface area contributed by atoms with Crippen LogP contribution < -0.4 is 5.56 Å². The molecule has 0 radical (unpaired) electrons. The molecule has 1 atom stereocenters. The van der Waals surface area contributed by atoms with E-state index in [1.807, 2.05) is 0 Å². The van der Waals surface area contributed by atoms with E-state index in [4.69, 9.17) is 5.11 Å². The number of aliphatic hydroxyl groups excluding tert-OH is 2. The van der Waals surface area contributed by atoms with Gasteiger partial charge in [0.2, 0.25) is 0 Å². The molecule has 0 aliphatic heterocycles. The van der Waals surface area contributed by atoms with Gasteiger partial charge >= 0.3 is 0 Å². The molecule has 0 aliphatic rings. The summed E-state index contributed by atoms with van der Waals surface area (Å²) in [5.41, 5.74) is -0.235. The van der Waals surface area contributed by atoms with Gasteiger partial charge in [0.25, 0.3) is 5.56 Å². The van der Waals surface area contributed by atoms with Crippen LogP contribution in [0.15, 0.2) is 26.0 Å². The van der Waals surface area contributed by atoms with Gasteiger partial charge in [-0.15, -0.1) is 0 Å². The lowest BCUT2D eigenvalue weighted by molar-refractivity contribution is 0.0803. The van der Waals surface area contributed by atoms with Crippen molar-refractivity contribution in [3.63, 3.8) is 0 Å². The van der Waals surface area contributed by atoms with E-state index in [2.05, 4.69) is 31.9 Å². The van der Waals surface area contributed by atoms with E-state index in [0.717, 1.165) is 4.47 Å². The molecule has 0 spiro atoms. The summed E-state index contributed by atoms with van der Waals surface area (Å²) in [6.07, 6.45) is 0.639. The van der Waals surface area contributed by atoms with E-state index in [1.54, 1.807) is 12.3 Å². The topological polar surface area (TPSA) is 62.5 Å². The van der Waals surface area contributed by atoms with E-state index in [1.165, 1.54) is 4.57 Å². The van der Waals surface area contributed by atoms with Crippen molar-refractivity contribution in [3.8, 4) is 0 Å². The fraction of sp³-hybridized carbons (Fsp3) is 0.375. The van der Waals surface area contributed by atoms with Crippen molar-refractivity contribution >= 4 is 31.9 Å². The first-order valence-electron chi connectivity index (χ1n) is 3.89. The molecular weight excluding hydrogens is 318 g/mol. The van der Waals surface area contributed by atoms with Crippen LogP contribution in [0.25, 0.3) is 0 Å². The second kappa shape index (κ2) is 5.06. The number of nitrogens with zero attached hydrogens (tertiary/aromatic N) is 1. The molecule has 0 saturated heterocycles. The first-order valence-corrected chi connectivity index (χ1v) is 5.47. The summed E-state index contributed by atoms with van der Waals surface area (Å²) >= 11 is 6.33. The van der Waals surface area contributed by atoms with Gasteiger partial charge in [-0.3, -0.25) is 4.79 Å². The Morgan fingerprint density at radius 3 is 2.71 bits per heavy atom. The molecule has 78 valence electrons. The number of halogens is 2. The average molecular weight is 327 g/mol. The molecule has 0 amide bonds. The van der Waals surface area contributed by atoms with Crippen molar-refractivity contribution in [1.82, 2.24) is 4.57 Å². The minimum atomic E-state index is -0.922. The number of hydrogen-bond acceptors (Lipinski definition) is 3. The van der Waals surface area contributed by atoms with E-state index >= 15 is 0 Å².